The first kappa shape index (κ1) is 18.3. The summed E-state index contributed by atoms with van der Waals surface area (Å²) in [5.41, 5.74) is 0.405. The molecule has 134 valence electrons. The van der Waals surface area contributed by atoms with Crippen LogP contribution >= 0.6 is 34.4 Å². The van der Waals surface area contributed by atoms with E-state index in [9.17, 15) is 9.59 Å². The predicted octanol–water partition coefficient (Wildman–Crippen LogP) is 2.99. The molecule has 0 aliphatic rings. The Morgan fingerprint density at radius 2 is 2.04 bits per heavy atom. The SMILES string of the molecule is COc1ccccc1C(=O)Nc1nnc(SCC(=O)Nc2nccs2)s1. The second-order valence-corrected chi connectivity index (χ2v) is 7.80. The number of carbonyl (C=O) groups excluding carboxylic acids is 2. The summed E-state index contributed by atoms with van der Waals surface area (Å²) in [5, 5.41) is 15.9. The van der Waals surface area contributed by atoms with Gasteiger partial charge in [0.05, 0.1) is 18.4 Å². The van der Waals surface area contributed by atoms with E-state index in [0.29, 0.717) is 25.9 Å². The lowest BCUT2D eigenvalue weighted by Crippen LogP contribution is -2.13. The largest absolute Gasteiger partial charge is 0.496 e. The number of amides is 2. The molecule has 0 bridgehead atoms. The highest BCUT2D eigenvalue weighted by molar-refractivity contribution is 8.01. The van der Waals surface area contributed by atoms with Crippen molar-refractivity contribution in [2.45, 2.75) is 4.34 Å². The zero-order valence-corrected chi connectivity index (χ0v) is 15.9. The summed E-state index contributed by atoms with van der Waals surface area (Å²) in [7, 11) is 1.50. The van der Waals surface area contributed by atoms with Crippen LogP contribution in [0.2, 0.25) is 0 Å². The number of aromatic nitrogens is 3. The Labute approximate surface area is 161 Å². The van der Waals surface area contributed by atoms with Gasteiger partial charge >= 0.3 is 0 Å². The van der Waals surface area contributed by atoms with Gasteiger partial charge < -0.3 is 10.1 Å². The number of rotatable bonds is 7. The third-order valence-corrected chi connectivity index (χ3v) is 5.64. The molecule has 0 atom stereocenters. The molecule has 3 aromatic rings. The third-order valence-electron chi connectivity index (χ3n) is 2.98. The summed E-state index contributed by atoms with van der Waals surface area (Å²) in [5.74, 6) is 0.133. The lowest BCUT2D eigenvalue weighted by Gasteiger charge is -2.06. The number of ether oxygens (including phenoxy) is 1. The molecule has 3 rings (SSSR count). The molecule has 0 saturated heterocycles. The normalized spacial score (nSPS) is 10.3. The Kier molecular flexibility index (Phi) is 6.15. The average molecular weight is 408 g/mol. The van der Waals surface area contributed by atoms with Gasteiger partial charge in [-0.05, 0) is 12.1 Å². The minimum Gasteiger partial charge on any atom is -0.496 e. The van der Waals surface area contributed by atoms with Crippen LogP contribution in [0.25, 0.3) is 0 Å². The van der Waals surface area contributed by atoms with Gasteiger partial charge in [0, 0.05) is 11.6 Å². The van der Waals surface area contributed by atoms with E-state index in [1.54, 1.807) is 35.8 Å². The Balaban J connectivity index is 1.54. The van der Waals surface area contributed by atoms with Crippen molar-refractivity contribution in [3.05, 3.63) is 41.4 Å². The second kappa shape index (κ2) is 8.74. The summed E-state index contributed by atoms with van der Waals surface area (Å²) < 4.78 is 5.75. The van der Waals surface area contributed by atoms with E-state index < -0.39 is 0 Å². The number of thiazole rings is 1. The first-order valence-electron chi connectivity index (χ1n) is 7.25. The molecule has 0 radical (unpaired) electrons. The van der Waals surface area contributed by atoms with Crippen LogP contribution < -0.4 is 15.4 Å². The van der Waals surface area contributed by atoms with E-state index in [2.05, 4.69) is 25.8 Å². The maximum absolute atomic E-state index is 12.3. The van der Waals surface area contributed by atoms with Gasteiger partial charge in [0.2, 0.25) is 11.0 Å². The molecular formula is C15H13N5O3S3. The predicted molar refractivity (Wildman–Crippen MR) is 102 cm³/mol. The van der Waals surface area contributed by atoms with Gasteiger partial charge in [0.1, 0.15) is 5.75 Å². The fraction of sp³-hybridized carbons (Fsp3) is 0.133. The van der Waals surface area contributed by atoms with Crippen molar-refractivity contribution in [1.29, 1.82) is 0 Å². The third kappa shape index (κ3) is 4.77. The topological polar surface area (TPSA) is 106 Å². The van der Waals surface area contributed by atoms with Crippen molar-refractivity contribution in [3.8, 4) is 5.75 Å². The summed E-state index contributed by atoms with van der Waals surface area (Å²) in [6.07, 6.45) is 1.62. The first-order chi connectivity index (χ1) is 12.7. The molecule has 0 spiro atoms. The van der Waals surface area contributed by atoms with Gasteiger partial charge in [0.25, 0.3) is 5.91 Å². The molecule has 2 heterocycles. The van der Waals surface area contributed by atoms with Gasteiger partial charge in [-0.15, -0.1) is 21.5 Å². The maximum atomic E-state index is 12.3. The summed E-state index contributed by atoms with van der Waals surface area (Å²) >= 11 is 3.78. The van der Waals surface area contributed by atoms with Crippen molar-refractivity contribution in [2.75, 3.05) is 23.5 Å². The van der Waals surface area contributed by atoms with Gasteiger partial charge in [-0.1, -0.05) is 35.2 Å². The number of hydrogen-bond donors (Lipinski definition) is 2. The molecule has 2 aromatic heterocycles. The van der Waals surface area contributed by atoms with E-state index in [0.717, 1.165) is 0 Å². The number of para-hydroxylation sites is 1. The van der Waals surface area contributed by atoms with Crippen molar-refractivity contribution in [2.24, 2.45) is 0 Å². The van der Waals surface area contributed by atoms with Crippen molar-refractivity contribution < 1.29 is 14.3 Å². The van der Waals surface area contributed by atoms with Crippen LogP contribution in [0.3, 0.4) is 0 Å². The van der Waals surface area contributed by atoms with Crippen molar-refractivity contribution in [3.63, 3.8) is 0 Å². The molecule has 1 aromatic carbocycles. The monoisotopic (exact) mass is 407 g/mol. The number of methoxy groups -OCH3 is 1. The Morgan fingerprint density at radius 3 is 2.81 bits per heavy atom. The van der Waals surface area contributed by atoms with E-state index in [1.165, 1.54) is 41.5 Å². The molecular weight excluding hydrogens is 394 g/mol. The van der Waals surface area contributed by atoms with Gasteiger partial charge in [-0.2, -0.15) is 0 Å². The molecule has 0 aliphatic carbocycles. The molecule has 2 N–H and O–H groups in total. The minimum absolute atomic E-state index is 0.175. The van der Waals surface area contributed by atoms with Crippen LogP contribution in [-0.4, -0.2) is 39.9 Å². The molecule has 0 fully saturated rings. The molecule has 0 unspecified atom stereocenters. The quantitative estimate of drug-likeness (QED) is 0.458. The zero-order valence-electron chi connectivity index (χ0n) is 13.5. The summed E-state index contributed by atoms with van der Waals surface area (Å²) in [4.78, 5) is 28.1. The van der Waals surface area contributed by atoms with E-state index in [-0.39, 0.29) is 17.6 Å². The van der Waals surface area contributed by atoms with Crippen LogP contribution in [0.5, 0.6) is 5.75 Å². The first-order valence-corrected chi connectivity index (χ1v) is 9.94. The Morgan fingerprint density at radius 1 is 1.19 bits per heavy atom. The standard InChI is InChI=1S/C15H13N5O3S3/c1-23-10-5-3-2-4-9(10)12(22)18-14-19-20-15(26-14)25-8-11(21)17-13-16-6-7-24-13/h2-7H,8H2,1H3,(H,16,17,21)(H,18,19,22). The van der Waals surface area contributed by atoms with Crippen molar-refractivity contribution >= 4 is 56.5 Å². The fourth-order valence-corrected chi connectivity index (χ4v) is 3.98. The molecule has 0 saturated carbocycles. The number of hydrogen-bond acceptors (Lipinski definition) is 9. The van der Waals surface area contributed by atoms with Crippen molar-refractivity contribution in [1.82, 2.24) is 15.2 Å². The minimum atomic E-state index is -0.336. The highest BCUT2D eigenvalue weighted by atomic mass is 32.2. The van der Waals surface area contributed by atoms with E-state index in [4.69, 9.17) is 4.74 Å². The molecule has 2 amide bonds. The van der Waals surface area contributed by atoms with Gasteiger partial charge in [-0.25, -0.2) is 4.98 Å². The summed E-state index contributed by atoms with van der Waals surface area (Å²) in [6, 6.07) is 6.90. The molecule has 8 nitrogen and oxygen atoms in total. The Bertz CT molecular complexity index is 898. The Hall–Kier alpha value is -2.50. The van der Waals surface area contributed by atoms with Crippen LogP contribution in [0.15, 0.2) is 40.2 Å². The number of nitrogens with zero attached hydrogens (tertiary/aromatic N) is 3. The lowest BCUT2D eigenvalue weighted by molar-refractivity contribution is -0.113. The maximum Gasteiger partial charge on any atom is 0.261 e. The second-order valence-electron chi connectivity index (χ2n) is 4.70. The number of anilines is 2. The molecule has 0 aliphatic heterocycles. The van der Waals surface area contributed by atoms with Crippen LogP contribution in [-0.2, 0) is 4.79 Å². The van der Waals surface area contributed by atoms with E-state index in [1.807, 2.05) is 0 Å². The van der Waals surface area contributed by atoms with Gasteiger partial charge in [0.15, 0.2) is 9.47 Å². The number of benzene rings is 1. The zero-order chi connectivity index (χ0) is 18.4. The van der Waals surface area contributed by atoms with Gasteiger partial charge in [-0.3, -0.25) is 14.9 Å². The number of thioether (sulfide) groups is 1. The lowest BCUT2D eigenvalue weighted by atomic mass is 10.2. The van der Waals surface area contributed by atoms with Crippen LogP contribution in [0.4, 0.5) is 10.3 Å². The summed E-state index contributed by atoms with van der Waals surface area (Å²) in [6.45, 7) is 0. The van der Waals surface area contributed by atoms with Crippen LogP contribution in [0.1, 0.15) is 10.4 Å². The fourth-order valence-electron chi connectivity index (χ4n) is 1.88. The molecule has 26 heavy (non-hydrogen) atoms. The smallest absolute Gasteiger partial charge is 0.261 e. The number of nitrogens with one attached hydrogen (secondary N) is 2. The highest BCUT2D eigenvalue weighted by Crippen LogP contribution is 2.27. The average Bonchev–Trinajstić information content (AvgIpc) is 3.32. The van der Waals surface area contributed by atoms with Crippen LogP contribution in [0, 0.1) is 0 Å². The van der Waals surface area contributed by atoms with E-state index >= 15 is 0 Å². The molecule has 11 heteroatoms. The highest BCUT2D eigenvalue weighted by Gasteiger charge is 2.15. The number of carbonyl (C=O) groups is 2.